The fourth-order valence-corrected chi connectivity index (χ4v) is 1.39. The van der Waals surface area contributed by atoms with Gasteiger partial charge in [0.2, 0.25) is 11.8 Å². The third-order valence-electron chi connectivity index (χ3n) is 2.32. The molecular weight excluding hydrogens is 228 g/mol. The maximum absolute atomic E-state index is 5.58. The van der Waals surface area contributed by atoms with Crippen LogP contribution in [-0.2, 0) is 0 Å². The average molecular weight is 244 g/mol. The molecule has 94 valence electrons. The average Bonchev–Trinajstić information content (AvgIpc) is 2.41. The first kappa shape index (κ1) is 12.4. The summed E-state index contributed by atoms with van der Waals surface area (Å²) < 4.78 is 11.1. The smallest absolute Gasteiger partial charge is 0.224 e. The van der Waals surface area contributed by atoms with E-state index in [4.69, 9.17) is 9.47 Å². The van der Waals surface area contributed by atoms with Crippen LogP contribution in [0.2, 0.25) is 0 Å². The maximum Gasteiger partial charge on any atom is 0.224 e. The van der Waals surface area contributed by atoms with Crippen molar-refractivity contribution >= 4 is 0 Å². The van der Waals surface area contributed by atoms with Crippen LogP contribution in [0.15, 0.2) is 42.7 Å². The molecule has 0 aromatic carbocycles. The van der Waals surface area contributed by atoms with E-state index in [0.29, 0.717) is 18.4 Å². The van der Waals surface area contributed by atoms with Gasteiger partial charge in [-0.3, -0.25) is 0 Å². The Kier molecular flexibility index (Phi) is 4.53. The molecule has 4 nitrogen and oxygen atoms in total. The molecule has 0 N–H and O–H groups in total. The van der Waals surface area contributed by atoms with Gasteiger partial charge in [-0.2, -0.15) is 0 Å². The number of hydrogen-bond acceptors (Lipinski definition) is 4. The monoisotopic (exact) mass is 244 g/mol. The second-order valence-electron chi connectivity index (χ2n) is 3.80. The van der Waals surface area contributed by atoms with Crippen molar-refractivity contribution in [1.29, 1.82) is 0 Å². The highest BCUT2D eigenvalue weighted by Gasteiger charge is 2.01. The maximum atomic E-state index is 5.58. The zero-order valence-corrected chi connectivity index (χ0v) is 10.4. The molecule has 0 aliphatic carbocycles. The molecule has 2 rings (SSSR count). The third kappa shape index (κ3) is 3.73. The number of hydrogen-bond donors (Lipinski definition) is 0. The van der Waals surface area contributed by atoms with Gasteiger partial charge in [0, 0.05) is 24.5 Å². The number of aromatic nitrogens is 2. The lowest BCUT2D eigenvalue weighted by atomic mass is 10.3. The molecule has 0 aliphatic heterocycles. The molecule has 0 saturated carbocycles. The van der Waals surface area contributed by atoms with Crippen LogP contribution >= 0.6 is 0 Å². The van der Waals surface area contributed by atoms with E-state index in [1.54, 1.807) is 24.5 Å². The van der Waals surface area contributed by atoms with E-state index >= 15 is 0 Å². The zero-order chi connectivity index (χ0) is 12.6. The van der Waals surface area contributed by atoms with E-state index in [1.807, 2.05) is 18.2 Å². The molecule has 0 unspecified atom stereocenters. The second-order valence-corrected chi connectivity index (χ2v) is 3.80. The van der Waals surface area contributed by atoms with Crippen LogP contribution in [0.4, 0.5) is 0 Å². The summed E-state index contributed by atoms with van der Waals surface area (Å²) in [6, 6.07) is 9.08. The van der Waals surface area contributed by atoms with Crippen LogP contribution in [0, 0.1) is 0 Å². The third-order valence-corrected chi connectivity index (χ3v) is 2.32. The summed E-state index contributed by atoms with van der Waals surface area (Å²) in [5, 5.41) is 0. The van der Waals surface area contributed by atoms with Crippen molar-refractivity contribution < 1.29 is 9.47 Å². The predicted octanol–water partition coefficient (Wildman–Crippen LogP) is 3.45. The Morgan fingerprint density at radius 2 is 1.94 bits per heavy atom. The van der Waals surface area contributed by atoms with Crippen molar-refractivity contribution in [3.8, 4) is 17.5 Å². The fraction of sp³-hybridized carbons (Fsp3) is 0.286. The lowest BCUT2D eigenvalue weighted by molar-refractivity contribution is 0.307. The van der Waals surface area contributed by atoms with Crippen LogP contribution in [0.3, 0.4) is 0 Å². The number of rotatable bonds is 6. The van der Waals surface area contributed by atoms with Gasteiger partial charge >= 0.3 is 0 Å². The molecular formula is C14H16N2O2. The van der Waals surface area contributed by atoms with Crippen LogP contribution in [0.1, 0.15) is 19.8 Å². The van der Waals surface area contributed by atoms with Crippen molar-refractivity contribution in [1.82, 2.24) is 9.97 Å². The Balaban J connectivity index is 1.99. The van der Waals surface area contributed by atoms with Crippen molar-refractivity contribution in [2.45, 2.75) is 19.8 Å². The normalized spacial score (nSPS) is 10.1. The van der Waals surface area contributed by atoms with Gasteiger partial charge in [-0.05, 0) is 18.6 Å². The molecule has 0 spiro atoms. The van der Waals surface area contributed by atoms with Gasteiger partial charge in [-0.15, -0.1) is 0 Å². The predicted molar refractivity (Wildman–Crippen MR) is 69.0 cm³/mol. The van der Waals surface area contributed by atoms with E-state index in [1.165, 1.54) is 0 Å². The van der Waals surface area contributed by atoms with E-state index in [0.717, 1.165) is 18.6 Å². The van der Waals surface area contributed by atoms with E-state index < -0.39 is 0 Å². The van der Waals surface area contributed by atoms with Gasteiger partial charge in [0.1, 0.15) is 5.75 Å². The van der Waals surface area contributed by atoms with Crippen LogP contribution in [0.25, 0.3) is 0 Å². The number of nitrogens with zero attached hydrogens (tertiary/aromatic N) is 2. The summed E-state index contributed by atoms with van der Waals surface area (Å²) in [5.41, 5.74) is 0. The Bertz CT molecular complexity index is 474. The minimum atomic E-state index is 0.489. The van der Waals surface area contributed by atoms with Crippen molar-refractivity contribution in [2.24, 2.45) is 0 Å². The molecule has 0 radical (unpaired) electrons. The van der Waals surface area contributed by atoms with Crippen molar-refractivity contribution in [2.75, 3.05) is 6.61 Å². The largest absolute Gasteiger partial charge is 0.493 e. The lowest BCUT2D eigenvalue weighted by Crippen LogP contribution is -1.97. The molecule has 0 atom stereocenters. The summed E-state index contributed by atoms with van der Waals surface area (Å²) in [5.74, 6) is 1.78. The van der Waals surface area contributed by atoms with Gasteiger partial charge in [0.25, 0.3) is 0 Å². The molecule has 4 heteroatoms. The zero-order valence-electron chi connectivity index (χ0n) is 10.4. The molecule has 0 fully saturated rings. The summed E-state index contributed by atoms with van der Waals surface area (Å²) >= 11 is 0. The van der Waals surface area contributed by atoms with Crippen molar-refractivity contribution in [3.05, 3.63) is 42.7 Å². The molecule has 0 bridgehead atoms. The van der Waals surface area contributed by atoms with E-state index in [2.05, 4.69) is 16.9 Å². The topological polar surface area (TPSA) is 44.2 Å². The first-order chi connectivity index (χ1) is 8.88. The van der Waals surface area contributed by atoms with Gasteiger partial charge in [-0.25, -0.2) is 9.97 Å². The summed E-state index contributed by atoms with van der Waals surface area (Å²) in [4.78, 5) is 8.20. The summed E-state index contributed by atoms with van der Waals surface area (Å²) in [7, 11) is 0. The highest BCUT2D eigenvalue weighted by molar-refractivity contribution is 5.28. The highest BCUT2D eigenvalue weighted by Crippen LogP contribution is 2.21. The number of pyridine rings is 2. The van der Waals surface area contributed by atoms with Crippen molar-refractivity contribution in [3.63, 3.8) is 0 Å². The molecule has 0 aliphatic rings. The van der Waals surface area contributed by atoms with Gasteiger partial charge < -0.3 is 9.47 Å². The van der Waals surface area contributed by atoms with Crippen LogP contribution in [0.5, 0.6) is 17.5 Å². The van der Waals surface area contributed by atoms with E-state index in [9.17, 15) is 0 Å². The minimum Gasteiger partial charge on any atom is -0.493 e. The quantitative estimate of drug-likeness (QED) is 0.730. The summed E-state index contributed by atoms with van der Waals surface area (Å²) in [6.45, 7) is 2.84. The Labute approximate surface area is 107 Å². The molecule has 2 aromatic rings. The molecule has 18 heavy (non-hydrogen) atoms. The molecule has 2 heterocycles. The molecule has 0 saturated heterocycles. The molecule has 2 aromatic heterocycles. The van der Waals surface area contributed by atoms with Gasteiger partial charge in [-0.1, -0.05) is 19.4 Å². The summed E-state index contributed by atoms with van der Waals surface area (Å²) in [6.07, 6.45) is 5.50. The van der Waals surface area contributed by atoms with Gasteiger partial charge in [0.15, 0.2) is 0 Å². The Morgan fingerprint density at radius 3 is 2.72 bits per heavy atom. The number of unbranched alkanes of at least 4 members (excludes halogenated alkanes) is 1. The van der Waals surface area contributed by atoms with E-state index in [-0.39, 0.29) is 0 Å². The first-order valence-corrected chi connectivity index (χ1v) is 6.06. The Hall–Kier alpha value is -2.10. The highest BCUT2D eigenvalue weighted by atomic mass is 16.5. The first-order valence-electron chi connectivity index (χ1n) is 6.06. The van der Waals surface area contributed by atoms with Crippen LogP contribution < -0.4 is 9.47 Å². The number of ether oxygens (including phenoxy) is 2. The molecule has 0 amide bonds. The second kappa shape index (κ2) is 6.59. The lowest BCUT2D eigenvalue weighted by Gasteiger charge is -2.07. The van der Waals surface area contributed by atoms with Gasteiger partial charge in [0.05, 0.1) is 6.61 Å². The SMILES string of the molecule is CCCCOc1ccnc(Oc2ccccn2)c1. The van der Waals surface area contributed by atoms with Crippen LogP contribution in [-0.4, -0.2) is 16.6 Å². The fourth-order valence-electron chi connectivity index (χ4n) is 1.39. The minimum absolute atomic E-state index is 0.489. The standard InChI is InChI=1S/C14H16N2O2/c1-2-3-10-17-12-7-9-16-14(11-12)18-13-6-4-5-8-15-13/h4-9,11H,2-3,10H2,1H3. The Morgan fingerprint density at radius 1 is 1.06 bits per heavy atom.